The number of halogens is 2. The van der Waals surface area contributed by atoms with E-state index < -0.39 is 5.82 Å². The third-order valence-electron chi connectivity index (χ3n) is 4.65. The molecule has 0 radical (unpaired) electrons. The molecule has 3 N–H and O–H groups in total. The van der Waals surface area contributed by atoms with Crippen molar-refractivity contribution >= 4 is 34.0 Å². The minimum Gasteiger partial charge on any atom is -0.396 e. The summed E-state index contributed by atoms with van der Waals surface area (Å²) < 4.78 is 15.3. The van der Waals surface area contributed by atoms with E-state index in [-0.39, 0.29) is 18.2 Å². The number of hydrogen-bond acceptors (Lipinski definition) is 5. The lowest BCUT2D eigenvalue weighted by atomic mass is 10.1. The molecule has 0 atom stereocenters. The Morgan fingerprint density at radius 3 is 2.62 bits per heavy atom. The van der Waals surface area contributed by atoms with Gasteiger partial charge < -0.3 is 20.1 Å². The van der Waals surface area contributed by atoms with Crippen LogP contribution in [-0.4, -0.2) is 31.4 Å². The Morgan fingerprint density at radius 2 is 1.86 bits per heavy atom. The number of nitrogens with zero attached hydrogens (tertiary/aromatic N) is 3. The van der Waals surface area contributed by atoms with E-state index in [1.807, 2.05) is 35.2 Å². The first kappa shape index (κ1) is 19.3. The molecule has 2 heterocycles. The quantitative estimate of drug-likeness (QED) is 0.446. The Morgan fingerprint density at radius 1 is 1.03 bits per heavy atom. The topological polar surface area (TPSA) is 83.2 Å². The van der Waals surface area contributed by atoms with Crippen molar-refractivity contribution < 1.29 is 14.6 Å². The average molecular weight is 413 g/mol. The lowest BCUT2D eigenvalue weighted by Crippen LogP contribution is -1.98. The first-order chi connectivity index (χ1) is 14.1. The van der Waals surface area contributed by atoms with E-state index in [1.165, 1.54) is 18.5 Å². The number of nitrogens with one attached hydrogen (secondary N) is 1. The summed E-state index contributed by atoms with van der Waals surface area (Å²) in [7, 11) is 0. The Bertz CT molecular complexity index is 1180. The largest absolute Gasteiger partial charge is 0.396 e. The number of fused-ring (bicyclic) bond motifs is 1. The third kappa shape index (κ3) is 3.93. The van der Waals surface area contributed by atoms with Gasteiger partial charge in [-0.15, -0.1) is 0 Å². The highest BCUT2D eigenvalue weighted by molar-refractivity contribution is 6.31. The number of rotatable bonds is 6. The van der Waals surface area contributed by atoms with Crippen LogP contribution in [0.25, 0.3) is 16.6 Å². The van der Waals surface area contributed by atoms with Crippen molar-refractivity contribution in [1.29, 1.82) is 0 Å². The van der Waals surface area contributed by atoms with E-state index in [2.05, 4.69) is 15.3 Å². The van der Waals surface area contributed by atoms with Crippen molar-refractivity contribution in [2.24, 2.45) is 0 Å². The van der Waals surface area contributed by atoms with E-state index >= 15 is 0 Å². The summed E-state index contributed by atoms with van der Waals surface area (Å²) in [5.41, 5.74) is 3.85. The molecule has 0 bridgehead atoms. The molecular weight excluding hydrogens is 395 g/mol. The Labute approximate surface area is 171 Å². The minimum absolute atomic E-state index is 0.0108. The van der Waals surface area contributed by atoms with Gasteiger partial charge in [-0.3, -0.25) is 0 Å². The van der Waals surface area contributed by atoms with Gasteiger partial charge in [0, 0.05) is 35.8 Å². The summed E-state index contributed by atoms with van der Waals surface area (Å²) in [5, 5.41) is 22.7. The van der Waals surface area contributed by atoms with Gasteiger partial charge in [-0.1, -0.05) is 11.6 Å². The van der Waals surface area contributed by atoms with Crippen LogP contribution in [0.15, 0.2) is 55.1 Å². The fraction of sp³-hybridized carbons (Fsp3) is 0.143. The zero-order valence-corrected chi connectivity index (χ0v) is 16.1. The predicted octanol–water partition coefficient (Wildman–Crippen LogP) is 3.98. The summed E-state index contributed by atoms with van der Waals surface area (Å²) in [6.07, 6.45) is 5.65. The number of hydrogen-bond donors (Lipinski definition) is 3. The second kappa shape index (κ2) is 8.16. The molecule has 0 aliphatic heterocycles. The van der Waals surface area contributed by atoms with Crippen molar-refractivity contribution in [1.82, 2.24) is 14.5 Å². The van der Waals surface area contributed by atoms with E-state index in [9.17, 15) is 14.6 Å². The van der Waals surface area contributed by atoms with Crippen molar-refractivity contribution in [3.05, 3.63) is 77.1 Å². The van der Waals surface area contributed by atoms with Gasteiger partial charge in [0.25, 0.3) is 0 Å². The molecule has 148 valence electrons. The molecule has 2 aromatic carbocycles. The van der Waals surface area contributed by atoms with E-state index in [1.54, 1.807) is 6.07 Å². The second-order valence-electron chi connectivity index (χ2n) is 6.53. The first-order valence-electron chi connectivity index (χ1n) is 8.97. The molecule has 0 saturated heterocycles. The molecule has 4 aromatic rings. The van der Waals surface area contributed by atoms with Gasteiger partial charge in [-0.2, -0.15) is 0 Å². The molecule has 0 aliphatic rings. The standard InChI is InChI=1S/C21H18ClFN4O2/c22-18-7-15(1-3-19(18)23)26-21-17-8-16(2-4-20(17)24-12-25-21)27-9-13(5-6-28)14(10-27)11-29/h1-4,7-10,12,28-29H,5-6,11H2,(H,24,25,26). The van der Waals surface area contributed by atoms with Crippen LogP contribution in [0.1, 0.15) is 11.1 Å². The average Bonchev–Trinajstić information content (AvgIpc) is 3.14. The molecule has 0 saturated carbocycles. The Kier molecular flexibility index (Phi) is 5.44. The number of aliphatic hydroxyl groups is 2. The molecule has 29 heavy (non-hydrogen) atoms. The van der Waals surface area contributed by atoms with Crippen LogP contribution in [-0.2, 0) is 13.0 Å². The van der Waals surface area contributed by atoms with Crippen LogP contribution >= 0.6 is 11.6 Å². The van der Waals surface area contributed by atoms with Crippen LogP contribution in [0.4, 0.5) is 15.9 Å². The fourth-order valence-corrected chi connectivity index (χ4v) is 3.37. The molecule has 2 aromatic heterocycles. The summed E-state index contributed by atoms with van der Waals surface area (Å²) in [6.45, 7) is -0.0893. The lowest BCUT2D eigenvalue weighted by molar-refractivity contribution is 0.276. The van der Waals surface area contributed by atoms with E-state index in [0.29, 0.717) is 17.9 Å². The molecule has 8 heteroatoms. The zero-order chi connectivity index (χ0) is 20.4. The summed E-state index contributed by atoms with van der Waals surface area (Å²) in [6, 6.07) is 10.1. The fourth-order valence-electron chi connectivity index (χ4n) is 3.19. The van der Waals surface area contributed by atoms with E-state index in [4.69, 9.17) is 11.6 Å². The molecule has 6 nitrogen and oxygen atoms in total. The monoisotopic (exact) mass is 412 g/mol. The minimum atomic E-state index is -0.488. The van der Waals surface area contributed by atoms with Gasteiger partial charge in [-0.25, -0.2) is 14.4 Å². The molecule has 4 rings (SSSR count). The highest BCUT2D eigenvalue weighted by Gasteiger charge is 2.10. The molecule has 0 fully saturated rings. The van der Waals surface area contributed by atoms with Crippen molar-refractivity contribution in [2.45, 2.75) is 13.0 Å². The second-order valence-corrected chi connectivity index (χ2v) is 6.93. The van der Waals surface area contributed by atoms with Gasteiger partial charge in [0.2, 0.25) is 0 Å². The van der Waals surface area contributed by atoms with Crippen molar-refractivity contribution in [3.63, 3.8) is 0 Å². The third-order valence-corrected chi connectivity index (χ3v) is 4.94. The van der Waals surface area contributed by atoms with Crippen molar-refractivity contribution in [2.75, 3.05) is 11.9 Å². The molecule has 0 spiro atoms. The lowest BCUT2D eigenvalue weighted by Gasteiger charge is -2.11. The van der Waals surface area contributed by atoms with Gasteiger partial charge >= 0.3 is 0 Å². The van der Waals surface area contributed by atoms with Gasteiger partial charge in [-0.05, 0) is 53.9 Å². The SMILES string of the molecule is OCCc1cn(-c2ccc3ncnc(Nc4ccc(F)c(Cl)c4)c3c2)cc1CO. The maximum absolute atomic E-state index is 13.4. The number of aliphatic hydroxyl groups excluding tert-OH is 2. The van der Waals surface area contributed by atoms with E-state index in [0.717, 1.165) is 27.7 Å². The summed E-state index contributed by atoms with van der Waals surface area (Å²) >= 11 is 5.87. The van der Waals surface area contributed by atoms with Crippen LogP contribution in [0.3, 0.4) is 0 Å². The first-order valence-corrected chi connectivity index (χ1v) is 9.35. The zero-order valence-electron chi connectivity index (χ0n) is 15.3. The van der Waals surface area contributed by atoms with Crippen LogP contribution in [0.2, 0.25) is 5.02 Å². The predicted molar refractivity (Wildman–Crippen MR) is 110 cm³/mol. The van der Waals surface area contributed by atoms with Crippen LogP contribution < -0.4 is 5.32 Å². The normalized spacial score (nSPS) is 11.2. The Hall–Kier alpha value is -3.00. The summed E-state index contributed by atoms with van der Waals surface area (Å²) in [5.74, 6) is 0.0719. The highest BCUT2D eigenvalue weighted by atomic mass is 35.5. The molecule has 0 amide bonds. The van der Waals surface area contributed by atoms with Gasteiger partial charge in [0.05, 0.1) is 17.1 Å². The van der Waals surface area contributed by atoms with Gasteiger partial charge in [0.15, 0.2) is 0 Å². The maximum atomic E-state index is 13.4. The highest BCUT2D eigenvalue weighted by Crippen LogP contribution is 2.28. The van der Waals surface area contributed by atoms with Crippen LogP contribution in [0, 0.1) is 5.82 Å². The van der Waals surface area contributed by atoms with Crippen molar-refractivity contribution in [3.8, 4) is 5.69 Å². The smallest absolute Gasteiger partial charge is 0.141 e. The van der Waals surface area contributed by atoms with Gasteiger partial charge in [0.1, 0.15) is 18.0 Å². The number of anilines is 2. The summed E-state index contributed by atoms with van der Waals surface area (Å²) in [4.78, 5) is 8.61. The van der Waals surface area contributed by atoms with Crippen LogP contribution in [0.5, 0.6) is 0 Å². The number of benzene rings is 2. The molecular formula is C21H18ClFN4O2. The molecule has 0 aliphatic carbocycles. The maximum Gasteiger partial charge on any atom is 0.141 e. The number of aromatic nitrogens is 3. The Balaban J connectivity index is 1.75. The molecule has 0 unspecified atom stereocenters.